The van der Waals surface area contributed by atoms with Gasteiger partial charge in [0.05, 0.1) is 18.7 Å². The second-order valence-electron chi connectivity index (χ2n) is 3.36. The Kier molecular flexibility index (Phi) is 3.81. The number of carbonyl (C=O) groups is 1. The van der Waals surface area contributed by atoms with E-state index in [0.717, 1.165) is 17.0 Å². The molecule has 1 aromatic heterocycles. The predicted octanol–water partition coefficient (Wildman–Crippen LogP) is 0.120. The summed E-state index contributed by atoms with van der Waals surface area (Å²) >= 11 is 0. The molecular weight excluding hydrogens is 196 g/mol. The zero-order valence-corrected chi connectivity index (χ0v) is 9.20. The lowest BCUT2D eigenvalue weighted by Gasteiger charge is -2.04. The molecule has 0 fully saturated rings. The van der Waals surface area contributed by atoms with Gasteiger partial charge in [0.2, 0.25) is 0 Å². The number of aromatic nitrogens is 2. The Labute approximate surface area is 88.3 Å². The monoisotopic (exact) mass is 212 g/mol. The van der Waals surface area contributed by atoms with Crippen LogP contribution in [0.2, 0.25) is 0 Å². The molecule has 1 heterocycles. The van der Waals surface area contributed by atoms with Crippen molar-refractivity contribution >= 4 is 5.97 Å². The van der Waals surface area contributed by atoms with Crippen molar-refractivity contribution in [1.82, 2.24) is 15.4 Å². The maximum atomic E-state index is 11.0. The normalized spacial score (nSPS) is 10.4. The van der Waals surface area contributed by atoms with Crippen molar-refractivity contribution in [3.8, 4) is 0 Å². The van der Waals surface area contributed by atoms with Crippen LogP contribution in [-0.4, -0.2) is 15.7 Å². The van der Waals surface area contributed by atoms with E-state index in [1.807, 2.05) is 26.4 Å². The molecule has 0 saturated carbocycles. The highest BCUT2D eigenvalue weighted by Gasteiger charge is 2.09. The average molecular weight is 212 g/mol. The predicted molar refractivity (Wildman–Crippen MR) is 54.5 cm³/mol. The molecule has 3 N–H and O–H groups in total. The van der Waals surface area contributed by atoms with E-state index in [-0.39, 0.29) is 6.42 Å². The number of hydrogen-bond acceptors (Lipinski definition) is 5. The molecule has 6 heteroatoms. The van der Waals surface area contributed by atoms with Crippen LogP contribution in [0.15, 0.2) is 0 Å². The fourth-order valence-electron chi connectivity index (χ4n) is 1.32. The topological polar surface area (TPSA) is 82.2 Å². The van der Waals surface area contributed by atoms with Crippen LogP contribution in [0.25, 0.3) is 0 Å². The number of carbonyl (C=O) groups excluding carboxylic acids is 1. The first-order valence-corrected chi connectivity index (χ1v) is 4.72. The highest BCUT2D eigenvalue weighted by Crippen LogP contribution is 2.11. The second-order valence-corrected chi connectivity index (χ2v) is 3.36. The van der Waals surface area contributed by atoms with Gasteiger partial charge in [-0.25, -0.2) is 5.84 Å². The van der Waals surface area contributed by atoms with Gasteiger partial charge in [-0.1, -0.05) is 5.59 Å². The minimum absolute atomic E-state index is 0.242. The maximum Gasteiger partial charge on any atom is 0.328 e. The van der Waals surface area contributed by atoms with Crippen LogP contribution in [0, 0.1) is 20.8 Å². The summed E-state index contributed by atoms with van der Waals surface area (Å²) in [4.78, 5) is 15.4. The Hall–Kier alpha value is -1.40. The number of hydrazine groups is 1. The molecule has 0 radical (unpaired) electrons. The summed E-state index contributed by atoms with van der Waals surface area (Å²) in [5, 5.41) is 4.30. The summed E-state index contributed by atoms with van der Waals surface area (Å²) < 4.78 is 1.79. The van der Waals surface area contributed by atoms with E-state index in [2.05, 4.69) is 9.94 Å². The largest absolute Gasteiger partial charge is 0.356 e. The van der Waals surface area contributed by atoms with Gasteiger partial charge in [0, 0.05) is 5.69 Å². The van der Waals surface area contributed by atoms with Crippen LogP contribution in [0.3, 0.4) is 0 Å². The standard InChI is InChI=1S/C9H16N4O2/c1-6-7(2)11-13(8(6)3)5-4-9(14)15-12-10/h12H,4-5,10H2,1-3H3. The molecule has 84 valence electrons. The zero-order valence-electron chi connectivity index (χ0n) is 9.20. The SMILES string of the molecule is Cc1nn(CCC(=O)ONN)c(C)c1C. The van der Waals surface area contributed by atoms with E-state index >= 15 is 0 Å². The van der Waals surface area contributed by atoms with E-state index in [9.17, 15) is 4.79 Å². The number of nitrogens with two attached hydrogens (primary N) is 1. The third kappa shape index (κ3) is 2.77. The molecule has 0 aliphatic heterocycles. The van der Waals surface area contributed by atoms with Crippen LogP contribution in [-0.2, 0) is 16.2 Å². The van der Waals surface area contributed by atoms with Crippen LogP contribution in [0.5, 0.6) is 0 Å². The zero-order chi connectivity index (χ0) is 11.4. The highest BCUT2D eigenvalue weighted by atomic mass is 16.7. The molecule has 0 saturated heterocycles. The Morgan fingerprint density at radius 3 is 2.67 bits per heavy atom. The molecule has 0 aliphatic carbocycles. The van der Waals surface area contributed by atoms with Gasteiger partial charge in [0.1, 0.15) is 0 Å². The summed E-state index contributed by atoms with van der Waals surface area (Å²) in [6.45, 7) is 6.43. The van der Waals surface area contributed by atoms with Gasteiger partial charge >= 0.3 is 5.97 Å². The summed E-state index contributed by atoms with van der Waals surface area (Å²) in [7, 11) is 0. The first kappa shape index (κ1) is 11.7. The van der Waals surface area contributed by atoms with Crippen molar-refractivity contribution in [3.05, 3.63) is 17.0 Å². The minimum atomic E-state index is -0.400. The Morgan fingerprint density at radius 1 is 1.53 bits per heavy atom. The molecule has 15 heavy (non-hydrogen) atoms. The summed E-state index contributed by atoms with van der Waals surface area (Å²) in [5.41, 5.74) is 5.06. The molecule has 0 bridgehead atoms. The van der Waals surface area contributed by atoms with Gasteiger partial charge in [-0.2, -0.15) is 5.10 Å². The van der Waals surface area contributed by atoms with Crippen LogP contribution in [0.1, 0.15) is 23.4 Å². The van der Waals surface area contributed by atoms with Gasteiger partial charge < -0.3 is 4.84 Å². The third-order valence-electron chi connectivity index (χ3n) is 2.44. The minimum Gasteiger partial charge on any atom is -0.356 e. The van der Waals surface area contributed by atoms with E-state index in [0.29, 0.717) is 6.54 Å². The van der Waals surface area contributed by atoms with Gasteiger partial charge in [-0.3, -0.25) is 9.48 Å². The van der Waals surface area contributed by atoms with E-state index in [1.54, 1.807) is 4.68 Å². The molecule has 1 rings (SSSR count). The molecular formula is C9H16N4O2. The van der Waals surface area contributed by atoms with Crippen molar-refractivity contribution in [1.29, 1.82) is 0 Å². The van der Waals surface area contributed by atoms with Crippen molar-refractivity contribution in [2.75, 3.05) is 0 Å². The van der Waals surface area contributed by atoms with Crippen molar-refractivity contribution in [2.24, 2.45) is 5.84 Å². The highest BCUT2D eigenvalue weighted by molar-refractivity contribution is 5.68. The second kappa shape index (κ2) is 4.90. The lowest BCUT2D eigenvalue weighted by atomic mass is 10.2. The van der Waals surface area contributed by atoms with Gasteiger partial charge in [-0.15, -0.1) is 0 Å². The average Bonchev–Trinajstić information content (AvgIpc) is 2.43. The number of aryl methyl sites for hydroxylation is 2. The first-order valence-electron chi connectivity index (χ1n) is 4.72. The molecule has 0 aromatic carbocycles. The lowest BCUT2D eigenvalue weighted by Crippen LogP contribution is -2.26. The first-order chi connectivity index (χ1) is 7.06. The Balaban J connectivity index is 2.58. The number of nitrogens with zero attached hydrogens (tertiary/aromatic N) is 2. The third-order valence-corrected chi connectivity index (χ3v) is 2.44. The van der Waals surface area contributed by atoms with Crippen molar-refractivity contribution in [2.45, 2.75) is 33.7 Å². The van der Waals surface area contributed by atoms with Gasteiger partial charge in [-0.05, 0) is 26.3 Å². The molecule has 0 spiro atoms. The summed E-state index contributed by atoms with van der Waals surface area (Å²) in [6, 6.07) is 0. The molecule has 6 nitrogen and oxygen atoms in total. The Bertz CT molecular complexity index is 359. The maximum absolute atomic E-state index is 11.0. The fourth-order valence-corrected chi connectivity index (χ4v) is 1.32. The van der Waals surface area contributed by atoms with E-state index in [4.69, 9.17) is 5.84 Å². The van der Waals surface area contributed by atoms with Crippen molar-refractivity contribution < 1.29 is 9.63 Å². The van der Waals surface area contributed by atoms with Crippen molar-refractivity contribution in [3.63, 3.8) is 0 Å². The molecule has 0 unspecified atom stereocenters. The number of nitrogens with one attached hydrogen (secondary N) is 1. The Morgan fingerprint density at radius 2 is 2.20 bits per heavy atom. The fraction of sp³-hybridized carbons (Fsp3) is 0.556. The summed E-state index contributed by atoms with van der Waals surface area (Å²) in [6.07, 6.45) is 0.242. The number of hydrogen-bond donors (Lipinski definition) is 2. The van der Waals surface area contributed by atoms with Gasteiger partial charge in [0.15, 0.2) is 0 Å². The lowest BCUT2D eigenvalue weighted by molar-refractivity contribution is -0.151. The quantitative estimate of drug-likeness (QED) is 0.547. The van der Waals surface area contributed by atoms with Crippen LogP contribution < -0.4 is 11.4 Å². The van der Waals surface area contributed by atoms with Gasteiger partial charge in [0.25, 0.3) is 0 Å². The summed E-state index contributed by atoms with van der Waals surface area (Å²) in [5.74, 6) is 4.44. The molecule has 1 aromatic rings. The smallest absolute Gasteiger partial charge is 0.328 e. The van der Waals surface area contributed by atoms with Crippen LogP contribution >= 0.6 is 0 Å². The number of rotatable bonds is 4. The van der Waals surface area contributed by atoms with Crippen LogP contribution in [0.4, 0.5) is 0 Å². The molecule has 0 amide bonds. The molecule has 0 atom stereocenters. The van der Waals surface area contributed by atoms with E-state index in [1.165, 1.54) is 0 Å². The van der Waals surface area contributed by atoms with E-state index < -0.39 is 5.97 Å². The molecule has 0 aliphatic rings.